The van der Waals surface area contributed by atoms with Gasteiger partial charge in [0.05, 0.1) is 18.8 Å². The highest BCUT2D eigenvalue weighted by Gasteiger charge is 2.45. The fraction of sp³-hybridized carbons (Fsp3) is 0.333. The predicted octanol–water partition coefficient (Wildman–Crippen LogP) is 6.35. The number of nitrogens with one attached hydrogen (secondary N) is 1. The Hall–Kier alpha value is -3.80. The van der Waals surface area contributed by atoms with E-state index in [9.17, 15) is 14.7 Å². The Balaban J connectivity index is 1.93. The summed E-state index contributed by atoms with van der Waals surface area (Å²) in [5, 5.41) is 16.2. The molecule has 0 spiro atoms. The molecule has 186 valence electrons. The Morgan fingerprint density at radius 3 is 2.56 bits per heavy atom. The molecule has 1 aliphatic heterocycles. The zero-order valence-electron chi connectivity index (χ0n) is 21.4. The summed E-state index contributed by atoms with van der Waals surface area (Å²) < 4.78 is 5.86. The molecule has 2 N–H and O–H groups in total. The third-order valence-corrected chi connectivity index (χ3v) is 7.16. The van der Waals surface area contributed by atoms with Crippen molar-refractivity contribution in [2.45, 2.75) is 46.6 Å². The number of hydrogen-bond acceptors (Lipinski definition) is 5. The number of amides is 1. The van der Waals surface area contributed by atoms with Gasteiger partial charge in [0.15, 0.2) is 5.78 Å². The van der Waals surface area contributed by atoms with Gasteiger partial charge in [-0.3, -0.25) is 14.5 Å². The van der Waals surface area contributed by atoms with Crippen LogP contribution in [0.4, 0.5) is 11.4 Å². The van der Waals surface area contributed by atoms with Gasteiger partial charge in [-0.05, 0) is 40.8 Å². The third kappa shape index (κ3) is 3.81. The molecule has 1 atom stereocenters. The number of nitrogens with zero attached hydrogens (tertiary/aromatic N) is 1. The standard InChI is InChI=1S/C30H32N2O4/c1-17(2)29(35)32-21-11-8-12-22(33)27(21)31-20-15-30(3,4)16-23(34)26(20)28(32)25-19-10-7-6-9-18(19)13-14-24(25)36-5/h6-14,17,28,31,33H,15-16H2,1-5H3. The number of fused-ring (bicyclic) bond motifs is 2. The minimum atomic E-state index is -0.727. The van der Waals surface area contributed by atoms with E-state index >= 15 is 0 Å². The first-order valence-corrected chi connectivity index (χ1v) is 12.4. The van der Waals surface area contributed by atoms with Gasteiger partial charge in [-0.25, -0.2) is 0 Å². The molecular weight excluding hydrogens is 452 g/mol. The highest BCUT2D eigenvalue weighted by molar-refractivity contribution is 6.08. The summed E-state index contributed by atoms with van der Waals surface area (Å²) in [7, 11) is 1.61. The number of rotatable bonds is 3. The number of anilines is 2. The van der Waals surface area contributed by atoms with Crippen LogP contribution in [0.3, 0.4) is 0 Å². The lowest BCUT2D eigenvalue weighted by Crippen LogP contribution is -2.41. The number of phenolic OH excluding ortho intramolecular Hbond substituents is 1. The molecule has 0 aromatic heterocycles. The van der Waals surface area contributed by atoms with Crippen molar-refractivity contribution in [2.75, 3.05) is 17.3 Å². The van der Waals surface area contributed by atoms with E-state index in [2.05, 4.69) is 19.2 Å². The van der Waals surface area contributed by atoms with Gasteiger partial charge in [0.25, 0.3) is 0 Å². The number of carbonyl (C=O) groups is 2. The SMILES string of the molecule is COc1ccc2ccccc2c1C1C2=C(CC(C)(C)CC2=O)Nc2c(O)cccc2N1C(=O)C(C)C. The van der Waals surface area contributed by atoms with E-state index < -0.39 is 6.04 Å². The summed E-state index contributed by atoms with van der Waals surface area (Å²) in [6, 6.07) is 16.2. The molecule has 3 aromatic carbocycles. The maximum absolute atomic E-state index is 14.0. The molecular formula is C30H32N2O4. The van der Waals surface area contributed by atoms with Gasteiger partial charge in [-0.15, -0.1) is 0 Å². The van der Waals surface area contributed by atoms with Crippen LogP contribution in [-0.4, -0.2) is 23.9 Å². The molecule has 0 radical (unpaired) electrons. The van der Waals surface area contributed by atoms with Crippen LogP contribution in [0.15, 0.2) is 65.9 Å². The molecule has 2 aliphatic rings. The topological polar surface area (TPSA) is 78.9 Å². The number of allylic oxidation sites excluding steroid dienone is 1. The molecule has 1 unspecified atom stereocenters. The average molecular weight is 485 g/mol. The third-order valence-electron chi connectivity index (χ3n) is 7.16. The van der Waals surface area contributed by atoms with Crippen LogP contribution in [0.25, 0.3) is 10.8 Å². The predicted molar refractivity (Wildman–Crippen MR) is 142 cm³/mol. The Labute approximate surface area is 211 Å². The molecule has 1 amide bonds. The number of para-hydroxylation sites is 1. The Morgan fingerprint density at radius 2 is 1.83 bits per heavy atom. The van der Waals surface area contributed by atoms with Crippen molar-refractivity contribution in [1.82, 2.24) is 0 Å². The van der Waals surface area contributed by atoms with Crippen LogP contribution in [0.1, 0.15) is 52.1 Å². The number of methoxy groups -OCH3 is 1. The molecule has 0 saturated carbocycles. The summed E-state index contributed by atoms with van der Waals surface area (Å²) in [6.45, 7) is 7.83. The van der Waals surface area contributed by atoms with E-state index in [1.807, 2.05) is 56.3 Å². The molecule has 1 heterocycles. The number of hydrogen-bond donors (Lipinski definition) is 2. The van der Waals surface area contributed by atoms with Gasteiger partial charge in [0.1, 0.15) is 17.2 Å². The summed E-state index contributed by atoms with van der Waals surface area (Å²) in [6.07, 6.45) is 0.971. The zero-order valence-corrected chi connectivity index (χ0v) is 21.4. The lowest BCUT2D eigenvalue weighted by atomic mass is 9.73. The molecule has 1 aliphatic carbocycles. The maximum Gasteiger partial charge on any atom is 0.230 e. The fourth-order valence-electron chi connectivity index (χ4n) is 5.57. The van der Waals surface area contributed by atoms with Crippen LogP contribution in [0.5, 0.6) is 11.5 Å². The minimum absolute atomic E-state index is 0.0115. The van der Waals surface area contributed by atoms with Crippen LogP contribution in [0, 0.1) is 11.3 Å². The first-order valence-electron chi connectivity index (χ1n) is 12.4. The van der Waals surface area contributed by atoms with Crippen LogP contribution in [0.2, 0.25) is 0 Å². The Bertz CT molecular complexity index is 1420. The largest absolute Gasteiger partial charge is 0.506 e. The van der Waals surface area contributed by atoms with E-state index in [4.69, 9.17) is 4.74 Å². The molecule has 36 heavy (non-hydrogen) atoms. The lowest BCUT2D eigenvalue weighted by Gasteiger charge is -2.38. The van der Waals surface area contributed by atoms with E-state index in [1.54, 1.807) is 24.1 Å². The van der Waals surface area contributed by atoms with E-state index in [0.717, 1.165) is 22.0 Å². The number of aromatic hydroxyl groups is 1. The zero-order chi connectivity index (χ0) is 25.8. The number of carbonyl (C=O) groups excluding carboxylic acids is 2. The lowest BCUT2D eigenvalue weighted by molar-refractivity contribution is -0.122. The Kier molecular flexibility index (Phi) is 5.78. The first-order chi connectivity index (χ1) is 17.1. The molecule has 5 rings (SSSR count). The highest BCUT2D eigenvalue weighted by Crippen LogP contribution is 2.52. The fourth-order valence-corrected chi connectivity index (χ4v) is 5.57. The van der Waals surface area contributed by atoms with Crippen molar-refractivity contribution in [3.63, 3.8) is 0 Å². The van der Waals surface area contributed by atoms with Crippen molar-refractivity contribution in [1.29, 1.82) is 0 Å². The first kappa shape index (κ1) is 23.9. The molecule has 0 saturated heterocycles. The van der Waals surface area contributed by atoms with Gasteiger partial charge < -0.3 is 15.2 Å². The van der Waals surface area contributed by atoms with Crippen molar-refractivity contribution in [3.05, 3.63) is 71.4 Å². The van der Waals surface area contributed by atoms with Crippen molar-refractivity contribution in [2.24, 2.45) is 11.3 Å². The minimum Gasteiger partial charge on any atom is -0.506 e. The monoisotopic (exact) mass is 484 g/mol. The number of phenols is 1. The quantitative estimate of drug-likeness (QED) is 0.423. The smallest absolute Gasteiger partial charge is 0.230 e. The van der Waals surface area contributed by atoms with E-state index in [0.29, 0.717) is 35.5 Å². The summed E-state index contributed by atoms with van der Waals surface area (Å²) in [5.41, 5.74) is 2.76. The molecule has 6 nitrogen and oxygen atoms in total. The second-order valence-electron chi connectivity index (χ2n) is 10.8. The molecule has 0 bridgehead atoms. The normalized spacial score (nSPS) is 19.0. The van der Waals surface area contributed by atoms with E-state index in [-0.39, 0.29) is 28.8 Å². The van der Waals surface area contributed by atoms with Crippen molar-refractivity contribution < 1.29 is 19.4 Å². The summed E-state index contributed by atoms with van der Waals surface area (Å²) in [4.78, 5) is 29.6. The van der Waals surface area contributed by atoms with Gasteiger partial charge in [-0.2, -0.15) is 0 Å². The van der Waals surface area contributed by atoms with Crippen LogP contribution >= 0.6 is 0 Å². The molecule has 0 fully saturated rings. The average Bonchev–Trinajstić information content (AvgIpc) is 2.97. The van der Waals surface area contributed by atoms with Gasteiger partial charge >= 0.3 is 0 Å². The van der Waals surface area contributed by atoms with E-state index in [1.165, 1.54) is 0 Å². The van der Waals surface area contributed by atoms with Crippen molar-refractivity contribution in [3.8, 4) is 11.5 Å². The molecule has 3 aromatic rings. The number of benzene rings is 3. The Morgan fingerprint density at radius 1 is 1.08 bits per heavy atom. The second-order valence-corrected chi connectivity index (χ2v) is 10.8. The van der Waals surface area contributed by atoms with Crippen LogP contribution < -0.4 is 15.0 Å². The van der Waals surface area contributed by atoms with Gasteiger partial charge in [-0.1, -0.05) is 64.1 Å². The second kappa shape index (κ2) is 8.70. The van der Waals surface area contributed by atoms with Crippen LogP contribution in [-0.2, 0) is 9.59 Å². The summed E-state index contributed by atoms with van der Waals surface area (Å²) >= 11 is 0. The van der Waals surface area contributed by atoms with Gasteiger partial charge in [0, 0.05) is 29.2 Å². The number of ketones is 1. The van der Waals surface area contributed by atoms with Crippen molar-refractivity contribution >= 4 is 33.8 Å². The molecule has 6 heteroatoms. The number of Topliss-reactive ketones (excluding diaryl/α,β-unsaturated/α-hetero) is 1. The summed E-state index contributed by atoms with van der Waals surface area (Å²) in [5.74, 6) is 0.133. The number of ether oxygens (including phenoxy) is 1. The van der Waals surface area contributed by atoms with Gasteiger partial charge in [0.2, 0.25) is 5.91 Å². The maximum atomic E-state index is 14.0. The highest BCUT2D eigenvalue weighted by atomic mass is 16.5.